The number of anilines is 2. The fourth-order valence-electron chi connectivity index (χ4n) is 4.41. The third kappa shape index (κ3) is 5.62. The number of pyridine rings is 1. The van der Waals surface area contributed by atoms with Gasteiger partial charge in [0.15, 0.2) is 0 Å². The minimum Gasteiger partial charge on any atom is -0.377 e. The second-order valence-corrected chi connectivity index (χ2v) is 9.51. The Hall–Kier alpha value is -2.01. The summed E-state index contributed by atoms with van der Waals surface area (Å²) in [6.07, 6.45) is 4.75. The van der Waals surface area contributed by atoms with Crippen molar-refractivity contribution in [2.75, 3.05) is 30.9 Å². The molecule has 31 heavy (non-hydrogen) atoms. The van der Waals surface area contributed by atoms with Crippen LogP contribution in [-0.2, 0) is 6.54 Å². The topological polar surface area (TPSA) is 40.2 Å². The number of nitrogens with one attached hydrogen (secondary N) is 2. The van der Waals surface area contributed by atoms with Crippen LogP contribution in [-0.4, -0.2) is 31.7 Å². The first kappa shape index (κ1) is 22.2. The molecule has 1 saturated carbocycles. The lowest BCUT2D eigenvalue weighted by Gasteiger charge is -2.30. The number of hydrogen-bond acceptors (Lipinski definition) is 4. The Bertz CT molecular complexity index is 1030. The van der Waals surface area contributed by atoms with Crippen LogP contribution in [0.25, 0.3) is 10.9 Å². The van der Waals surface area contributed by atoms with Gasteiger partial charge in [0.1, 0.15) is 5.82 Å². The highest BCUT2D eigenvalue weighted by Gasteiger charge is 2.21. The van der Waals surface area contributed by atoms with E-state index >= 15 is 0 Å². The van der Waals surface area contributed by atoms with Crippen LogP contribution in [0.15, 0.2) is 48.5 Å². The predicted octanol–water partition coefficient (Wildman–Crippen LogP) is 6.37. The van der Waals surface area contributed by atoms with E-state index in [0.717, 1.165) is 52.9 Å². The maximum Gasteiger partial charge on any atom is 0.128 e. The monoisotopic (exact) mass is 456 g/mol. The minimum atomic E-state index is 0.474. The van der Waals surface area contributed by atoms with E-state index in [9.17, 15) is 0 Å². The molecule has 4 nitrogen and oxygen atoms in total. The number of fused-ring (bicyclic) bond motifs is 1. The second-order valence-electron chi connectivity index (χ2n) is 8.67. The van der Waals surface area contributed by atoms with Crippen LogP contribution in [0.5, 0.6) is 0 Å². The minimum absolute atomic E-state index is 0.474. The Balaban J connectivity index is 1.30. The average molecular weight is 457 g/mol. The van der Waals surface area contributed by atoms with E-state index in [1.165, 1.54) is 23.9 Å². The van der Waals surface area contributed by atoms with Gasteiger partial charge in [0.2, 0.25) is 0 Å². The van der Waals surface area contributed by atoms with Gasteiger partial charge in [-0.3, -0.25) is 0 Å². The summed E-state index contributed by atoms with van der Waals surface area (Å²) >= 11 is 12.3. The molecule has 1 aliphatic rings. The largest absolute Gasteiger partial charge is 0.377 e. The molecule has 0 spiro atoms. The molecule has 0 unspecified atom stereocenters. The summed E-state index contributed by atoms with van der Waals surface area (Å²) in [6, 6.07) is 16.6. The van der Waals surface area contributed by atoms with E-state index in [2.05, 4.69) is 53.9 Å². The lowest BCUT2D eigenvalue weighted by molar-refractivity contribution is 0.324. The summed E-state index contributed by atoms with van der Waals surface area (Å²) in [5.74, 6) is 1.66. The van der Waals surface area contributed by atoms with Gasteiger partial charge in [-0.05, 0) is 68.0 Å². The Morgan fingerprint density at radius 1 is 1.00 bits per heavy atom. The maximum atomic E-state index is 6.26. The van der Waals surface area contributed by atoms with E-state index < -0.39 is 0 Å². The third-order valence-corrected chi connectivity index (χ3v) is 6.73. The molecule has 2 N–H and O–H groups in total. The SMILES string of the molecule is CN(C)c1cc(N[C@H]2CC[C@@H](CNCc3cc(Cl)ccc3Cl)CC2)nc2ccccc12. The van der Waals surface area contributed by atoms with Crippen molar-refractivity contribution in [3.8, 4) is 0 Å². The lowest BCUT2D eigenvalue weighted by Crippen LogP contribution is -2.31. The van der Waals surface area contributed by atoms with Gasteiger partial charge in [-0.1, -0.05) is 41.4 Å². The molecular formula is C25H30Cl2N4. The van der Waals surface area contributed by atoms with Crippen LogP contribution in [0, 0.1) is 5.92 Å². The molecule has 3 aromatic rings. The Labute approximate surface area is 194 Å². The molecule has 6 heteroatoms. The molecular weight excluding hydrogens is 427 g/mol. The van der Waals surface area contributed by atoms with Crippen molar-refractivity contribution in [1.29, 1.82) is 0 Å². The molecule has 0 saturated heterocycles. The maximum absolute atomic E-state index is 6.26. The number of rotatable bonds is 7. The number of benzene rings is 2. The third-order valence-electron chi connectivity index (χ3n) is 6.13. The van der Waals surface area contributed by atoms with Gasteiger partial charge in [-0.2, -0.15) is 0 Å². The van der Waals surface area contributed by atoms with Gasteiger partial charge >= 0.3 is 0 Å². The standard InChI is InChI=1S/C25H30Cl2N4/c1-31(2)24-14-25(30-23-6-4-3-5-21(23)24)29-20-10-7-17(8-11-20)15-28-16-18-13-19(26)9-12-22(18)27/h3-6,9,12-14,17,20,28H,7-8,10-11,15-16H2,1-2H3,(H,29,30)/t17-,20+. The summed E-state index contributed by atoms with van der Waals surface area (Å²) in [4.78, 5) is 7.01. The van der Waals surface area contributed by atoms with Gasteiger partial charge in [0.25, 0.3) is 0 Å². The second kappa shape index (κ2) is 10.1. The molecule has 1 fully saturated rings. The van der Waals surface area contributed by atoms with E-state index in [1.807, 2.05) is 24.3 Å². The van der Waals surface area contributed by atoms with Crippen molar-refractivity contribution in [1.82, 2.24) is 10.3 Å². The van der Waals surface area contributed by atoms with Crippen molar-refractivity contribution in [3.63, 3.8) is 0 Å². The van der Waals surface area contributed by atoms with Crippen molar-refractivity contribution in [2.45, 2.75) is 38.3 Å². The first-order valence-electron chi connectivity index (χ1n) is 11.0. The first-order chi connectivity index (χ1) is 15.0. The van der Waals surface area contributed by atoms with Crippen LogP contribution in [0.3, 0.4) is 0 Å². The zero-order valence-corrected chi connectivity index (χ0v) is 19.7. The van der Waals surface area contributed by atoms with Crippen LogP contribution < -0.4 is 15.5 Å². The molecule has 0 amide bonds. The van der Waals surface area contributed by atoms with Gasteiger partial charge in [0.05, 0.1) is 5.52 Å². The van der Waals surface area contributed by atoms with E-state index in [1.54, 1.807) is 0 Å². The number of aromatic nitrogens is 1. The zero-order valence-electron chi connectivity index (χ0n) is 18.2. The Morgan fingerprint density at radius 2 is 1.77 bits per heavy atom. The normalized spacial score (nSPS) is 18.8. The van der Waals surface area contributed by atoms with E-state index in [-0.39, 0.29) is 0 Å². The van der Waals surface area contributed by atoms with E-state index in [0.29, 0.717) is 12.0 Å². The average Bonchev–Trinajstić information content (AvgIpc) is 2.76. The van der Waals surface area contributed by atoms with Crippen LogP contribution in [0.2, 0.25) is 10.0 Å². The number of halogens is 2. The summed E-state index contributed by atoms with van der Waals surface area (Å²) < 4.78 is 0. The van der Waals surface area contributed by atoms with Gasteiger partial charge in [0, 0.05) is 53.9 Å². The molecule has 0 bridgehead atoms. The highest BCUT2D eigenvalue weighted by molar-refractivity contribution is 6.33. The van der Waals surface area contributed by atoms with Gasteiger partial charge < -0.3 is 15.5 Å². The molecule has 1 heterocycles. The zero-order chi connectivity index (χ0) is 21.8. The highest BCUT2D eigenvalue weighted by Crippen LogP contribution is 2.30. The fraction of sp³-hybridized carbons (Fsp3) is 0.400. The molecule has 164 valence electrons. The molecule has 0 radical (unpaired) electrons. The van der Waals surface area contributed by atoms with Gasteiger partial charge in [-0.15, -0.1) is 0 Å². The smallest absolute Gasteiger partial charge is 0.128 e. The first-order valence-corrected chi connectivity index (χ1v) is 11.7. The Morgan fingerprint density at radius 3 is 2.55 bits per heavy atom. The van der Waals surface area contributed by atoms with E-state index in [4.69, 9.17) is 28.2 Å². The quantitative estimate of drug-likeness (QED) is 0.433. The summed E-state index contributed by atoms with van der Waals surface area (Å²) in [5.41, 5.74) is 3.29. The molecule has 4 rings (SSSR count). The molecule has 1 aliphatic carbocycles. The van der Waals surface area contributed by atoms with Gasteiger partial charge in [-0.25, -0.2) is 4.98 Å². The molecule has 2 aromatic carbocycles. The lowest BCUT2D eigenvalue weighted by atomic mass is 9.86. The van der Waals surface area contributed by atoms with Crippen molar-refractivity contribution in [2.24, 2.45) is 5.92 Å². The fourth-order valence-corrected chi connectivity index (χ4v) is 4.79. The van der Waals surface area contributed by atoms with Crippen LogP contribution in [0.4, 0.5) is 11.5 Å². The predicted molar refractivity (Wildman–Crippen MR) is 134 cm³/mol. The van der Waals surface area contributed by atoms with Crippen LogP contribution in [0.1, 0.15) is 31.2 Å². The summed E-state index contributed by atoms with van der Waals surface area (Å²) in [6.45, 7) is 1.76. The summed E-state index contributed by atoms with van der Waals surface area (Å²) in [7, 11) is 4.17. The number of nitrogens with zero attached hydrogens (tertiary/aromatic N) is 2. The van der Waals surface area contributed by atoms with Crippen molar-refractivity contribution >= 4 is 45.6 Å². The Kier molecular flexibility index (Phi) is 7.21. The van der Waals surface area contributed by atoms with Crippen molar-refractivity contribution < 1.29 is 0 Å². The number of hydrogen-bond donors (Lipinski definition) is 2. The number of para-hydroxylation sites is 1. The molecule has 1 aromatic heterocycles. The van der Waals surface area contributed by atoms with Crippen molar-refractivity contribution in [3.05, 3.63) is 64.1 Å². The molecule has 0 aliphatic heterocycles. The summed E-state index contributed by atoms with van der Waals surface area (Å²) in [5, 5.41) is 9.94. The highest BCUT2D eigenvalue weighted by atomic mass is 35.5. The molecule has 0 atom stereocenters. The van der Waals surface area contributed by atoms with Crippen LogP contribution >= 0.6 is 23.2 Å².